The highest BCUT2D eigenvalue weighted by atomic mass is 19.3. The van der Waals surface area contributed by atoms with Crippen LogP contribution in [-0.2, 0) is 25.5 Å². The number of benzene rings is 1. The lowest BCUT2D eigenvalue weighted by molar-refractivity contribution is -0.194. The van der Waals surface area contributed by atoms with Crippen LogP contribution in [0.1, 0.15) is 38.7 Å². The summed E-state index contributed by atoms with van der Waals surface area (Å²) in [6.07, 6.45) is -6.21. The molecule has 0 fully saturated rings. The van der Waals surface area contributed by atoms with Crippen LogP contribution < -0.4 is 0 Å². The van der Waals surface area contributed by atoms with Crippen molar-refractivity contribution in [2.45, 2.75) is 52.3 Å². The Kier molecular flexibility index (Phi) is 8.54. The third kappa shape index (κ3) is 5.44. The minimum Gasteiger partial charge on any atom is -0.465 e. The Morgan fingerprint density at radius 2 is 1.69 bits per heavy atom. The zero-order valence-corrected chi connectivity index (χ0v) is 14.6. The summed E-state index contributed by atoms with van der Waals surface area (Å²) in [6.45, 7) is 2.79. The first-order valence-electron chi connectivity index (χ1n) is 8.32. The number of alkyl halides is 3. The topological polar surface area (TPSA) is 52.6 Å². The van der Waals surface area contributed by atoms with Crippen molar-refractivity contribution in [3.05, 3.63) is 35.6 Å². The van der Waals surface area contributed by atoms with E-state index in [4.69, 9.17) is 0 Å². The molecule has 26 heavy (non-hydrogen) atoms. The summed E-state index contributed by atoms with van der Waals surface area (Å²) < 4.78 is 63.3. The van der Waals surface area contributed by atoms with E-state index >= 15 is 0 Å². The average molecular weight is 378 g/mol. The molecule has 1 rings (SSSR count). The molecule has 0 bridgehead atoms. The van der Waals surface area contributed by atoms with E-state index in [1.54, 1.807) is 6.92 Å². The Balaban J connectivity index is 3.10. The van der Waals surface area contributed by atoms with Gasteiger partial charge in [0.15, 0.2) is 0 Å². The summed E-state index contributed by atoms with van der Waals surface area (Å²) in [5, 5.41) is 0. The number of esters is 2. The third-order valence-corrected chi connectivity index (χ3v) is 3.85. The predicted molar refractivity (Wildman–Crippen MR) is 85.7 cm³/mol. The maximum absolute atomic E-state index is 13.8. The van der Waals surface area contributed by atoms with E-state index in [9.17, 15) is 27.2 Å². The van der Waals surface area contributed by atoms with Gasteiger partial charge >= 0.3 is 11.9 Å². The molecular formula is C18H22F4O4. The van der Waals surface area contributed by atoms with Crippen molar-refractivity contribution in [2.75, 3.05) is 6.61 Å². The molecule has 0 saturated carbocycles. The van der Waals surface area contributed by atoms with Crippen molar-refractivity contribution in [3.8, 4) is 0 Å². The van der Waals surface area contributed by atoms with Crippen molar-refractivity contribution in [1.29, 1.82) is 0 Å². The Morgan fingerprint density at radius 1 is 1.08 bits per heavy atom. The number of carbonyl (C=O) groups is 2. The predicted octanol–water partition coefficient (Wildman–Crippen LogP) is 4.21. The number of carbonyl (C=O) groups excluding carboxylic acids is 2. The molecule has 0 radical (unpaired) electrons. The van der Waals surface area contributed by atoms with Crippen molar-refractivity contribution in [2.24, 2.45) is 5.41 Å². The van der Waals surface area contributed by atoms with Crippen molar-refractivity contribution >= 4 is 11.9 Å². The molecule has 0 saturated heterocycles. The van der Waals surface area contributed by atoms with Crippen LogP contribution in [0.3, 0.4) is 0 Å². The molecule has 1 aromatic carbocycles. The lowest BCUT2D eigenvalue weighted by Gasteiger charge is -2.29. The quantitative estimate of drug-likeness (QED) is 0.348. The minimum absolute atomic E-state index is 0.150. The molecule has 4 nitrogen and oxygen atoms in total. The van der Waals surface area contributed by atoms with Crippen LogP contribution in [-0.4, -0.2) is 31.3 Å². The molecule has 0 heterocycles. The van der Waals surface area contributed by atoms with Gasteiger partial charge in [-0.25, -0.2) is 17.6 Å². The number of hydrogen-bond acceptors (Lipinski definition) is 4. The summed E-state index contributed by atoms with van der Waals surface area (Å²) in [4.78, 5) is 24.5. The molecule has 2 unspecified atom stereocenters. The summed E-state index contributed by atoms with van der Waals surface area (Å²) in [6, 6.07) is 4.94. The zero-order valence-electron chi connectivity index (χ0n) is 14.6. The van der Waals surface area contributed by atoms with Gasteiger partial charge in [0.1, 0.15) is 5.82 Å². The van der Waals surface area contributed by atoms with Crippen molar-refractivity contribution in [3.63, 3.8) is 0 Å². The zero-order chi connectivity index (χ0) is 19.7. The Bertz CT molecular complexity index is 591. The van der Waals surface area contributed by atoms with Gasteiger partial charge in [-0.1, -0.05) is 19.1 Å². The molecule has 146 valence electrons. The van der Waals surface area contributed by atoms with Gasteiger partial charge in [-0.3, -0.25) is 9.59 Å². The molecule has 0 aliphatic carbocycles. The molecule has 8 heteroatoms. The average Bonchev–Trinajstić information content (AvgIpc) is 2.57. The molecule has 0 amide bonds. The Hall–Kier alpha value is -2.12. The highest BCUT2D eigenvalue weighted by Gasteiger charge is 2.57. The van der Waals surface area contributed by atoms with Gasteiger partial charge in [-0.2, -0.15) is 0 Å². The lowest BCUT2D eigenvalue weighted by atomic mass is 9.82. The van der Waals surface area contributed by atoms with E-state index < -0.39 is 42.4 Å². The third-order valence-electron chi connectivity index (χ3n) is 3.85. The monoisotopic (exact) mass is 378 g/mol. The summed E-state index contributed by atoms with van der Waals surface area (Å²) >= 11 is 0. The van der Waals surface area contributed by atoms with E-state index in [1.807, 2.05) is 0 Å². The molecule has 1 aromatic rings. The van der Waals surface area contributed by atoms with Gasteiger partial charge in [0.05, 0.1) is 6.61 Å². The van der Waals surface area contributed by atoms with E-state index in [0.717, 1.165) is 12.1 Å². The largest absolute Gasteiger partial charge is 0.465 e. The minimum atomic E-state index is -3.46. The van der Waals surface area contributed by atoms with Crippen LogP contribution in [0.4, 0.5) is 17.6 Å². The Morgan fingerprint density at radius 3 is 2.19 bits per heavy atom. The first-order valence-corrected chi connectivity index (χ1v) is 8.32. The summed E-state index contributed by atoms with van der Waals surface area (Å²) in [5.41, 5.74) is -2.51. The van der Waals surface area contributed by atoms with Gasteiger partial charge < -0.3 is 9.47 Å². The van der Waals surface area contributed by atoms with Crippen LogP contribution in [0, 0.1) is 11.2 Å². The van der Waals surface area contributed by atoms with Gasteiger partial charge in [-0.15, -0.1) is 0 Å². The number of aryl methyl sites for hydroxylation is 1. The van der Waals surface area contributed by atoms with E-state index in [2.05, 4.69) is 9.47 Å². The summed E-state index contributed by atoms with van der Waals surface area (Å²) in [5.74, 6) is -3.64. The fraction of sp³-hybridized carbons (Fsp3) is 0.556. The second kappa shape index (κ2) is 10.1. The smallest absolute Gasteiger partial charge is 0.332 e. The molecule has 0 spiro atoms. The summed E-state index contributed by atoms with van der Waals surface area (Å²) in [7, 11) is 0. The Labute approximate surface area is 149 Å². The van der Waals surface area contributed by atoms with Crippen molar-refractivity contribution in [1.82, 2.24) is 0 Å². The second-order valence-electron chi connectivity index (χ2n) is 5.72. The van der Waals surface area contributed by atoms with Gasteiger partial charge in [0, 0.05) is 6.42 Å². The number of ether oxygens (including phenoxy) is 2. The maximum atomic E-state index is 13.8. The standard InChI is InChI=1S/C18H22F4O4/c1-3-5-14(20)26-17(24)18(15(21)22,16(23)25-4-2)11-10-12-6-8-13(19)9-7-12/h6-9,14-15H,3-5,10-11H2,1-2H3. The van der Waals surface area contributed by atoms with Crippen LogP contribution in [0.2, 0.25) is 0 Å². The van der Waals surface area contributed by atoms with Crippen molar-refractivity contribution < 1.29 is 36.6 Å². The number of hydrogen-bond donors (Lipinski definition) is 0. The number of rotatable bonds is 10. The van der Waals surface area contributed by atoms with Crippen LogP contribution in [0.25, 0.3) is 0 Å². The highest BCUT2D eigenvalue weighted by Crippen LogP contribution is 2.36. The molecule has 2 atom stereocenters. The SMILES string of the molecule is CCCC(F)OC(=O)C(CCc1ccc(F)cc1)(C(=O)OCC)C(F)F. The van der Waals surface area contributed by atoms with Gasteiger partial charge in [0.2, 0.25) is 11.8 Å². The first kappa shape index (κ1) is 21.9. The second-order valence-corrected chi connectivity index (χ2v) is 5.72. The molecule has 0 aromatic heterocycles. The molecule has 0 aliphatic heterocycles. The maximum Gasteiger partial charge on any atom is 0.332 e. The molecular weight excluding hydrogens is 356 g/mol. The van der Waals surface area contributed by atoms with Crippen LogP contribution >= 0.6 is 0 Å². The fourth-order valence-electron chi connectivity index (χ4n) is 2.33. The van der Waals surface area contributed by atoms with Crippen LogP contribution in [0.5, 0.6) is 0 Å². The van der Waals surface area contributed by atoms with E-state index in [1.165, 1.54) is 19.1 Å². The lowest BCUT2D eigenvalue weighted by Crippen LogP contribution is -2.49. The molecule has 0 N–H and O–H groups in total. The van der Waals surface area contributed by atoms with Gasteiger partial charge in [0.25, 0.3) is 6.43 Å². The van der Waals surface area contributed by atoms with Gasteiger partial charge in [-0.05, 0) is 43.9 Å². The highest BCUT2D eigenvalue weighted by molar-refractivity contribution is 6.00. The fourth-order valence-corrected chi connectivity index (χ4v) is 2.33. The normalized spacial score (nSPS) is 14.6. The first-order chi connectivity index (χ1) is 12.3. The molecule has 0 aliphatic rings. The van der Waals surface area contributed by atoms with E-state index in [0.29, 0.717) is 12.0 Å². The van der Waals surface area contributed by atoms with E-state index in [-0.39, 0.29) is 19.4 Å². The number of halogens is 4. The van der Waals surface area contributed by atoms with Crippen LogP contribution in [0.15, 0.2) is 24.3 Å².